The molecule has 4 rings (SSSR count). The van der Waals surface area contributed by atoms with Crippen molar-refractivity contribution in [2.75, 3.05) is 13.2 Å². The number of hydrogen-bond donors (Lipinski definition) is 3. The molecule has 0 saturated heterocycles. The van der Waals surface area contributed by atoms with Crippen molar-refractivity contribution in [2.45, 2.75) is 24.3 Å². The van der Waals surface area contributed by atoms with E-state index in [4.69, 9.17) is 10.00 Å². The maximum Gasteiger partial charge on any atom is 0.416 e. The van der Waals surface area contributed by atoms with Gasteiger partial charge in [0.2, 0.25) is 0 Å². The lowest BCUT2D eigenvalue weighted by atomic mass is 9.98. The molecular formula is C26H21F3N2O4. The van der Waals surface area contributed by atoms with Gasteiger partial charge >= 0.3 is 12.3 Å². The van der Waals surface area contributed by atoms with Crippen molar-refractivity contribution in [3.63, 3.8) is 0 Å². The number of fused-ring (bicyclic) bond motifs is 3. The number of nitrogens with one attached hydrogen (secondary N) is 1. The highest BCUT2D eigenvalue weighted by molar-refractivity contribution is 5.79. The Kier molecular flexibility index (Phi) is 6.78. The van der Waals surface area contributed by atoms with Crippen LogP contribution in [0.1, 0.15) is 39.8 Å². The van der Waals surface area contributed by atoms with E-state index in [1.165, 1.54) is 0 Å². The van der Waals surface area contributed by atoms with Crippen LogP contribution in [0.25, 0.3) is 11.1 Å². The largest absolute Gasteiger partial charge is 0.449 e. The van der Waals surface area contributed by atoms with Gasteiger partial charge in [-0.05, 0) is 46.0 Å². The number of aliphatic hydroxyl groups is 2. The summed E-state index contributed by atoms with van der Waals surface area (Å²) in [7, 11) is 0. The number of hydrogen-bond acceptors (Lipinski definition) is 5. The van der Waals surface area contributed by atoms with Crippen LogP contribution in [0.2, 0.25) is 0 Å². The zero-order chi connectivity index (χ0) is 25.2. The molecule has 6 nitrogen and oxygen atoms in total. The first-order valence-corrected chi connectivity index (χ1v) is 10.8. The normalized spacial score (nSPS) is 14.4. The molecule has 1 aliphatic rings. The van der Waals surface area contributed by atoms with Gasteiger partial charge in [-0.15, -0.1) is 0 Å². The first-order valence-electron chi connectivity index (χ1n) is 10.8. The van der Waals surface area contributed by atoms with Gasteiger partial charge in [0.25, 0.3) is 0 Å². The van der Waals surface area contributed by atoms with Gasteiger partial charge in [-0.2, -0.15) is 18.4 Å². The molecule has 1 amide bonds. The summed E-state index contributed by atoms with van der Waals surface area (Å²) in [6, 6.07) is 19.6. The molecule has 3 aromatic rings. The maximum atomic E-state index is 13.1. The molecule has 0 aliphatic heterocycles. The fraction of sp³-hybridized carbons (Fsp3) is 0.231. The summed E-state index contributed by atoms with van der Waals surface area (Å²) in [5, 5.41) is 31.9. The van der Waals surface area contributed by atoms with Gasteiger partial charge < -0.3 is 20.3 Å². The van der Waals surface area contributed by atoms with Crippen molar-refractivity contribution in [1.29, 1.82) is 5.26 Å². The fourth-order valence-electron chi connectivity index (χ4n) is 4.22. The van der Waals surface area contributed by atoms with Gasteiger partial charge in [-0.3, -0.25) is 0 Å². The highest BCUT2D eigenvalue weighted by atomic mass is 19.4. The van der Waals surface area contributed by atoms with E-state index in [2.05, 4.69) is 5.32 Å². The average molecular weight is 482 g/mol. The van der Waals surface area contributed by atoms with E-state index < -0.39 is 36.6 Å². The minimum Gasteiger partial charge on any atom is -0.449 e. The first-order chi connectivity index (χ1) is 16.7. The summed E-state index contributed by atoms with van der Waals surface area (Å²) >= 11 is 0. The van der Waals surface area contributed by atoms with Gasteiger partial charge in [0, 0.05) is 12.5 Å². The number of rotatable bonds is 6. The van der Waals surface area contributed by atoms with Crippen molar-refractivity contribution < 1.29 is 32.9 Å². The van der Waals surface area contributed by atoms with Crippen LogP contribution in [0, 0.1) is 11.3 Å². The SMILES string of the molecule is N#Cc1cc(C(O)C(O)CNC(=O)OCC2c3ccccc3-c3ccccc32)cc(C(F)(F)F)c1. The minimum absolute atomic E-state index is 0.0394. The maximum absolute atomic E-state index is 13.1. The summed E-state index contributed by atoms with van der Waals surface area (Å²) in [6.07, 6.45) is -8.98. The van der Waals surface area contributed by atoms with Crippen LogP contribution in [0.4, 0.5) is 18.0 Å². The van der Waals surface area contributed by atoms with Crippen molar-refractivity contribution in [2.24, 2.45) is 0 Å². The Morgan fingerprint density at radius 2 is 1.63 bits per heavy atom. The Morgan fingerprint density at radius 1 is 1.03 bits per heavy atom. The van der Waals surface area contributed by atoms with E-state index in [1.807, 2.05) is 48.5 Å². The number of ether oxygens (including phenoxy) is 1. The van der Waals surface area contributed by atoms with Crippen LogP contribution in [0.3, 0.4) is 0 Å². The number of alkyl halides is 3. The second kappa shape index (κ2) is 9.78. The van der Waals surface area contributed by atoms with E-state index in [1.54, 1.807) is 6.07 Å². The van der Waals surface area contributed by atoms with Crippen LogP contribution in [-0.2, 0) is 10.9 Å². The van der Waals surface area contributed by atoms with E-state index in [-0.39, 0.29) is 23.7 Å². The molecule has 0 saturated carbocycles. The van der Waals surface area contributed by atoms with Gasteiger partial charge in [0.05, 0.1) is 17.2 Å². The smallest absolute Gasteiger partial charge is 0.416 e. The highest BCUT2D eigenvalue weighted by Gasteiger charge is 2.33. The lowest BCUT2D eigenvalue weighted by molar-refractivity contribution is -0.137. The van der Waals surface area contributed by atoms with Crippen molar-refractivity contribution in [3.8, 4) is 17.2 Å². The number of aliphatic hydroxyl groups excluding tert-OH is 2. The van der Waals surface area contributed by atoms with Gasteiger partial charge in [0.15, 0.2) is 0 Å². The molecule has 1 aliphatic carbocycles. The molecule has 2 atom stereocenters. The number of nitriles is 1. The van der Waals surface area contributed by atoms with E-state index in [9.17, 15) is 28.2 Å². The zero-order valence-electron chi connectivity index (χ0n) is 18.3. The quantitative estimate of drug-likeness (QED) is 0.480. The molecule has 0 aromatic heterocycles. The molecule has 0 spiro atoms. The van der Waals surface area contributed by atoms with Crippen molar-refractivity contribution >= 4 is 6.09 Å². The minimum atomic E-state index is -4.73. The molecule has 0 radical (unpaired) electrons. The standard InChI is InChI=1S/C26H21F3N2O4/c27-26(28,29)17-10-15(12-30)9-16(11-17)24(33)23(32)13-31-25(34)35-14-22-20-7-3-1-5-18(20)19-6-2-4-8-21(19)22/h1-11,22-24,32-33H,13-14H2,(H,31,34). The molecule has 3 aromatic carbocycles. The zero-order valence-corrected chi connectivity index (χ0v) is 18.3. The van der Waals surface area contributed by atoms with Gasteiger partial charge in [-0.25, -0.2) is 4.79 Å². The molecule has 3 N–H and O–H groups in total. The Balaban J connectivity index is 1.37. The average Bonchev–Trinajstić information content (AvgIpc) is 3.18. The van der Waals surface area contributed by atoms with Gasteiger partial charge in [0.1, 0.15) is 18.8 Å². The van der Waals surface area contributed by atoms with E-state index in [0.29, 0.717) is 12.1 Å². The molecule has 180 valence electrons. The van der Waals surface area contributed by atoms with Crippen LogP contribution in [0.15, 0.2) is 66.7 Å². The number of halogens is 3. The molecular weight excluding hydrogens is 461 g/mol. The molecule has 35 heavy (non-hydrogen) atoms. The summed E-state index contributed by atoms with van der Waals surface area (Å²) in [5.74, 6) is -0.168. The number of carbonyl (C=O) groups is 1. The Morgan fingerprint density at radius 3 is 2.20 bits per heavy atom. The molecule has 0 bridgehead atoms. The Hall–Kier alpha value is -3.87. The number of nitrogens with zero attached hydrogens (tertiary/aromatic N) is 1. The number of carbonyl (C=O) groups excluding carboxylic acids is 1. The number of alkyl carbamates (subject to hydrolysis) is 1. The highest BCUT2D eigenvalue weighted by Crippen LogP contribution is 2.44. The monoisotopic (exact) mass is 482 g/mol. The third-order valence-electron chi connectivity index (χ3n) is 5.92. The third-order valence-corrected chi connectivity index (χ3v) is 5.92. The summed E-state index contributed by atoms with van der Waals surface area (Å²) in [4.78, 5) is 12.3. The van der Waals surface area contributed by atoms with Crippen molar-refractivity contribution in [1.82, 2.24) is 5.32 Å². The summed E-state index contributed by atoms with van der Waals surface area (Å²) in [5.41, 5.74) is 2.44. The number of amides is 1. The molecule has 2 unspecified atom stereocenters. The van der Waals surface area contributed by atoms with Crippen LogP contribution in [0.5, 0.6) is 0 Å². The summed E-state index contributed by atoms with van der Waals surface area (Å²) in [6.45, 7) is -0.437. The molecule has 0 fully saturated rings. The van der Waals surface area contributed by atoms with Crippen LogP contribution >= 0.6 is 0 Å². The second-order valence-electron chi connectivity index (χ2n) is 8.17. The van der Waals surface area contributed by atoms with Crippen LogP contribution in [-0.4, -0.2) is 35.6 Å². The first kappa shape index (κ1) is 24.3. The second-order valence-corrected chi connectivity index (χ2v) is 8.17. The van der Waals surface area contributed by atoms with Crippen molar-refractivity contribution in [3.05, 3.63) is 94.5 Å². The van der Waals surface area contributed by atoms with E-state index >= 15 is 0 Å². The predicted octanol–water partition coefficient (Wildman–Crippen LogP) is 4.51. The molecule has 9 heteroatoms. The third kappa shape index (κ3) is 5.14. The topological polar surface area (TPSA) is 103 Å². The van der Waals surface area contributed by atoms with E-state index in [0.717, 1.165) is 28.3 Å². The lowest BCUT2D eigenvalue weighted by Gasteiger charge is -2.20. The fourth-order valence-corrected chi connectivity index (χ4v) is 4.22. The molecule has 0 heterocycles. The summed E-state index contributed by atoms with van der Waals surface area (Å²) < 4.78 is 44.6. The Bertz CT molecular complexity index is 1240. The Labute approximate surface area is 199 Å². The van der Waals surface area contributed by atoms with Gasteiger partial charge in [-0.1, -0.05) is 48.5 Å². The van der Waals surface area contributed by atoms with Crippen LogP contribution < -0.4 is 5.32 Å². The predicted molar refractivity (Wildman–Crippen MR) is 120 cm³/mol. The number of benzene rings is 3. The lowest BCUT2D eigenvalue weighted by Crippen LogP contribution is -2.36.